The van der Waals surface area contributed by atoms with Gasteiger partial charge in [-0.15, -0.1) is 0 Å². The summed E-state index contributed by atoms with van der Waals surface area (Å²) in [5, 5.41) is 5.53. The Kier molecular flexibility index (Phi) is 3.29. The van der Waals surface area contributed by atoms with Gasteiger partial charge in [-0.1, -0.05) is 48.5 Å². The number of benzene rings is 3. The topological polar surface area (TPSA) is 6.25 Å². The van der Waals surface area contributed by atoms with Crippen molar-refractivity contribution in [1.82, 2.24) is 4.90 Å². The van der Waals surface area contributed by atoms with E-state index in [0.29, 0.717) is 0 Å². The van der Waals surface area contributed by atoms with Crippen LogP contribution in [0, 0.1) is 0 Å². The molecule has 0 amide bonds. The van der Waals surface area contributed by atoms with E-state index in [-0.39, 0.29) is 0 Å². The van der Waals surface area contributed by atoms with Gasteiger partial charge in [0.15, 0.2) is 0 Å². The standard InChI is InChI=1S/C22H23N2/c1-3-9-19-17(7-1)15-18-8-2-4-10-20(18)21(19)16-24-14-6-13-23-12-5-11-22(23)24/h1-4,7-10,15H,5-6,11-14,16H2/q+1. The van der Waals surface area contributed by atoms with Gasteiger partial charge >= 0.3 is 0 Å². The average molecular weight is 315 g/mol. The molecule has 0 saturated carbocycles. The van der Waals surface area contributed by atoms with Crippen molar-refractivity contribution in [3.05, 3.63) is 60.2 Å². The van der Waals surface area contributed by atoms with Crippen molar-refractivity contribution in [2.75, 3.05) is 19.6 Å². The summed E-state index contributed by atoms with van der Waals surface area (Å²) in [5.41, 5.74) is 1.49. The summed E-state index contributed by atoms with van der Waals surface area (Å²) in [5.74, 6) is 1.58. The molecule has 0 radical (unpaired) electrons. The van der Waals surface area contributed by atoms with E-state index in [1.165, 1.54) is 66.0 Å². The Bertz CT molecular complexity index is 901. The van der Waals surface area contributed by atoms with Crippen molar-refractivity contribution >= 4 is 27.4 Å². The molecule has 0 aliphatic carbocycles. The zero-order chi connectivity index (χ0) is 15.9. The first-order chi connectivity index (χ1) is 11.9. The molecule has 0 N–H and O–H groups in total. The molecule has 0 atom stereocenters. The van der Waals surface area contributed by atoms with Gasteiger partial charge in [0, 0.05) is 12.0 Å². The lowest BCUT2D eigenvalue weighted by molar-refractivity contribution is -0.530. The zero-order valence-corrected chi connectivity index (χ0v) is 14.0. The van der Waals surface area contributed by atoms with E-state index in [1.54, 1.807) is 5.84 Å². The van der Waals surface area contributed by atoms with Crippen LogP contribution >= 0.6 is 0 Å². The summed E-state index contributed by atoms with van der Waals surface area (Å²) < 4.78 is 2.61. The molecular weight excluding hydrogens is 292 g/mol. The normalized spacial score (nSPS) is 17.8. The highest BCUT2D eigenvalue weighted by Crippen LogP contribution is 2.30. The predicted molar refractivity (Wildman–Crippen MR) is 101 cm³/mol. The van der Waals surface area contributed by atoms with E-state index in [0.717, 1.165) is 6.54 Å². The lowest BCUT2D eigenvalue weighted by Crippen LogP contribution is -2.40. The molecular formula is C22H23N2+. The average Bonchev–Trinajstić information content (AvgIpc) is 3.11. The second-order valence-corrected chi connectivity index (χ2v) is 7.08. The van der Waals surface area contributed by atoms with Crippen molar-refractivity contribution in [2.45, 2.75) is 25.8 Å². The number of rotatable bonds is 2. The highest BCUT2D eigenvalue weighted by atomic mass is 15.3. The third-order valence-electron chi connectivity index (χ3n) is 5.65. The van der Waals surface area contributed by atoms with Crippen LogP contribution in [0.2, 0.25) is 0 Å². The lowest BCUT2D eigenvalue weighted by Gasteiger charge is -2.25. The van der Waals surface area contributed by atoms with Crippen LogP contribution in [0.15, 0.2) is 54.6 Å². The Morgan fingerprint density at radius 2 is 1.50 bits per heavy atom. The van der Waals surface area contributed by atoms with Gasteiger partial charge in [-0.2, -0.15) is 0 Å². The number of hydrogen-bond donors (Lipinski definition) is 0. The number of fused-ring (bicyclic) bond motifs is 2. The molecule has 120 valence electrons. The quantitative estimate of drug-likeness (QED) is 0.502. The van der Waals surface area contributed by atoms with Crippen molar-refractivity contribution < 1.29 is 4.58 Å². The number of hydrogen-bond acceptors (Lipinski definition) is 1. The highest BCUT2D eigenvalue weighted by molar-refractivity contribution is 6.02. The van der Waals surface area contributed by atoms with Gasteiger partial charge in [-0.05, 0) is 34.0 Å². The molecule has 2 aliphatic heterocycles. The Morgan fingerprint density at radius 3 is 2.25 bits per heavy atom. The highest BCUT2D eigenvalue weighted by Gasteiger charge is 2.31. The predicted octanol–water partition coefficient (Wildman–Crippen LogP) is 4.40. The SMILES string of the molecule is c1ccc2c(CN3CCC[N+]4=C3CCC4)c3ccccc3cc2c1. The Morgan fingerprint density at radius 1 is 0.833 bits per heavy atom. The summed E-state index contributed by atoms with van der Waals surface area (Å²) >= 11 is 0. The molecule has 2 aliphatic rings. The van der Waals surface area contributed by atoms with Crippen LogP contribution in [0.5, 0.6) is 0 Å². The van der Waals surface area contributed by atoms with Crippen molar-refractivity contribution in [1.29, 1.82) is 0 Å². The van der Waals surface area contributed by atoms with Gasteiger partial charge in [0.25, 0.3) is 0 Å². The van der Waals surface area contributed by atoms with Gasteiger partial charge in [0.1, 0.15) is 6.54 Å². The van der Waals surface area contributed by atoms with Crippen molar-refractivity contribution in [3.8, 4) is 0 Å². The Hall–Kier alpha value is -2.35. The maximum Gasteiger partial charge on any atom is 0.247 e. The second-order valence-electron chi connectivity index (χ2n) is 7.08. The summed E-state index contributed by atoms with van der Waals surface area (Å²) in [6.07, 6.45) is 3.86. The Labute approximate surface area is 143 Å². The molecule has 3 aromatic rings. The summed E-state index contributed by atoms with van der Waals surface area (Å²) in [4.78, 5) is 2.64. The maximum atomic E-state index is 2.64. The van der Waals surface area contributed by atoms with Gasteiger partial charge in [0.2, 0.25) is 5.84 Å². The van der Waals surface area contributed by atoms with E-state index in [1.807, 2.05) is 0 Å². The molecule has 0 saturated heterocycles. The molecule has 24 heavy (non-hydrogen) atoms. The molecule has 0 bridgehead atoms. The second kappa shape index (κ2) is 5.62. The molecule has 3 aromatic carbocycles. The van der Waals surface area contributed by atoms with Crippen molar-refractivity contribution in [3.63, 3.8) is 0 Å². The number of nitrogens with zero attached hydrogens (tertiary/aromatic N) is 2. The fraction of sp³-hybridized carbons (Fsp3) is 0.318. The first-order valence-electron chi connectivity index (χ1n) is 9.15. The largest absolute Gasteiger partial charge is 0.266 e. The van der Waals surface area contributed by atoms with E-state index in [2.05, 4.69) is 64.1 Å². The third-order valence-corrected chi connectivity index (χ3v) is 5.65. The van der Waals surface area contributed by atoms with Crippen LogP contribution in [-0.2, 0) is 6.54 Å². The first-order valence-corrected chi connectivity index (χ1v) is 9.15. The molecule has 5 rings (SSSR count). The van der Waals surface area contributed by atoms with E-state index >= 15 is 0 Å². The van der Waals surface area contributed by atoms with Gasteiger partial charge in [-0.3, -0.25) is 9.48 Å². The molecule has 0 spiro atoms. The van der Waals surface area contributed by atoms with E-state index in [9.17, 15) is 0 Å². The summed E-state index contributed by atoms with van der Waals surface area (Å²) in [6.45, 7) is 4.74. The minimum atomic E-state index is 1.04. The van der Waals surface area contributed by atoms with Crippen LogP contribution in [0.1, 0.15) is 24.8 Å². The third kappa shape index (κ3) is 2.21. The molecule has 2 heterocycles. The van der Waals surface area contributed by atoms with Gasteiger partial charge < -0.3 is 0 Å². The Balaban J connectivity index is 1.68. The van der Waals surface area contributed by atoms with Crippen molar-refractivity contribution in [2.24, 2.45) is 0 Å². The van der Waals surface area contributed by atoms with Crippen LogP contribution in [-0.4, -0.2) is 34.9 Å². The summed E-state index contributed by atoms with van der Waals surface area (Å²) in [7, 11) is 0. The maximum absolute atomic E-state index is 2.64. The minimum absolute atomic E-state index is 1.04. The molecule has 2 heteroatoms. The lowest BCUT2D eigenvalue weighted by atomic mass is 9.96. The fourth-order valence-corrected chi connectivity index (χ4v) is 4.54. The molecule has 0 fully saturated rings. The molecule has 0 aromatic heterocycles. The minimum Gasteiger partial charge on any atom is -0.266 e. The van der Waals surface area contributed by atoms with Crippen LogP contribution in [0.3, 0.4) is 0 Å². The van der Waals surface area contributed by atoms with Crippen LogP contribution < -0.4 is 0 Å². The summed E-state index contributed by atoms with van der Waals surface area (Å²) in [6, 6.07) is 20.0. The molecule has 2 nitrogen and oxygen atoms in total. The fourth-order valence-electron chi connectivity index (χ4n) is 4.54. The smallest absolute Gasteiger partial charge is 0.247 e. The van der Waals surface area contributed by atoms with Gasteiger partial charge in [0.05, 0.1) is 26.1 Å². The number of amidine groups is 1. The van der Waals surface area contributed by atoms with E-state index < -0.39 is 0 Å². The van der Waals surface area contributed by atoms with Crippen LogP contribution in [0.4, 0.5) is 0 Å². The van der Waals surface area contributed by atoms with Gasteiger partial charge in [-0.25, -0.2) is 0 Å². The first kappa shape index (κ1) is 14.0. The monoisotopic (exact) mass is 315 g/mol. The van der Waals surface area contributed by atoms with Crippen LogP contribution in [0.25, 0.3) is 21.5 Å². The zero-order valence-electron chi connectivity index (χ0n) is 14.0. The van der Waals surface area contributed by atoms with E-state index in [4.69, 9.17) is 0 Å². The molecule has 0 unspecified atom stereocenters.